The molecule has 0 amide bonds. The molecule has 0 fully saturated rings. The van der Waals surface area contributed by atoms with E-state index in [1.807, 2.05) is 19.9 Å². The summed E-state index contributed by atoms with van der Waals surface area (Å²) in [5, 5.41) is 0. The second-order valence-corrected chi connectivity index (χ2v) is 6.57. The van der Waals surface area contributed by atoms with Gasteiger partial charge in [-0.1, -0.05) is 18.2 Å². The molecule has 0 unspecified atom stereocenters. The van der Waals surface area contributed by atoms with Gasteiger partial charge in [0, 0.05) is 49.4 Å². The van der Waals surface area contributed by atoms with Gasteiger partial charge in [-0.3, -0.25) is 9.78 Å². The molecule has 29 heavy (non-hydrogen) atoms. The minimum absolute atomic E-state index is 0.195. The summed E-state index contributed by atoms with van der Waals surface area (Å²) in [7, 11) is 4.52. The van der Waals surface area contributed by atoms with E-state index in [1.165, 1.54) is 21.3 Å². The first-order valence-corrected chi connectivity index (χ1v) is 9.11. The summed E-state index contributed by atoms with van der Waals surface area (Å²) in [6.07, 6.45) is 5.82. The lowest BCUT2D eigenvalue weighted by molar-refractivity contribution is -0.219. The van der Waals surface area contributed by atoms with Gasteiger partial charge in [-0.15, -0.1) is 0 Å². The molecule has 6 heteroatoms. The number of aromatic nitrogens is 1. The lowest BCUT2D eigenvalue weighted by Crippen LogP contribution is -2.21. The largest absolute Gasteiger partial charge is 0.496 e. The third kappa shape index (κ3) is 5.76. The van der Waals surface area contributed by atoms with Crippen LogP contribution in [0, 0.1) is 0 Å². The molecule has 0 spiro atoms. The number of hydrogen-bond donors (Lipinski definition) is 0. The molecule has 1 aromatic heterocycles. The van der Waals surface area contributed by atoms with Crippen LogP contribution in [0.2, 0.25) is 0 Å². The molecule has 2 aromatic rings. The maximum atomic E-state index is 12.9. The van der Waals surface area contributed by atoms with Crippen LogP contribution in [0.4, 0.5) is 0 Å². The maximum absolute atomic E-state index is 12.9. The number of ether oxygens (including phenoxy) is 4. The Morgan fingerprint density at radius 2 is 1.76 bits per heavy atom. The Kier molecular flexibility index (Phi) is 8.12. The molecule has 2 rings (SSSR count). The van der Waals surface area contributed by atoms with Gasteiger partial charge in [-0.2, -0.15) is 0 Å². The number of ketones is 1. The van der Waals surface area contributed by atoms with Crippen molar-refractivity contribution < 1.29 is 23.7 Å². The van der Waals surface area contributed by atoms with Crippen molar-refractivity contribution in [3.63, 3.8) is 0 Å². The average Bonchev–Trinajstić information content (AvgIpc) is 2.75. The number of nitrogens with zero attached hydrogens (tertiary/aromatic N) is 1. The van der Waals surface area contributed by atoms with E-state index in [0.717, 1.165) is 11.1 Å². The molecule has 154 valence electrons. The number of hydrogen-bond acceptors (Lipinski definition) is 6. The van der Waals surface area contributed by atoms with Crippen LogP contribution in [0.15, 0.2) is 54.9 Å². The van der Waals surface area contributed by atoms with E-state index in [1.54, 1.807) is 30.6 Å². The molecule has 1 aromatic carbocycles. The minimum atomic E-state index is -0.863. The first-order chi connectivity index (χ1) is 13.9. The Labute approximate surface area is 171 Å². The highest BCUT2D eigenvalue weighted by Crippen LogP contribution is 2.35. The van der Waals surface area contributed by atoms with Crippen molar-refractivity contribution >= 4 is 11.4 Å². The number of carbonyl (C=O) groups is 1. The van der Waals surface area contributed by atoms with E-state index in [-0.39, 0.29) is 5.78 Å². The van der Waals surface area contributed by atoms with Gasteiger partial charge < -0.3 is 18.9 Å². The van der Waals surface area contributed by atoms with Gasteiger partial charge in [0.05, 0.1) is 7.11 Å². The molecule has 0 bridgehead atoms. The van der Waals surface area contributed by atoms with Crippen LogP contribution in [-0.4, -0.2) is 38.6 Å². The number of allylic oxidation sites excluding steroid dienone is 3. The summed E-state index contributed by atoms with van der Waals surface area (Å²) in [5.41, 5.74) is 3.45. The first-order valence-electron chi connectivity index (χ1n) is 9.11. The van der Waals surface area contributed by atoms with E-state index in [2.05, 4.69) is 17.6 Å². The van der Waals surface area contributed by atoms with Crippen molar-refractivity contribution in [2.45, 2.75) is 26.7 Å². The summed E-state index contributed by atoms with van der Waals surface area (Å²) in [5.74, 6) is 0.819. The zero-order valence-corrected chi connectivity index (χ0v) is 17.5. The van der Waals surface area contributed by atoms with E-state index in [0.29, 0.717) is 34.6 Å². The molecule has 0 N–H and O–H groups in total. The Morgan fingerprint density at radius 1 is 1.10 bits per heavy atom. The summed E-state index contributed by atoms with van der Waals surface area (Å²) in [6.45, 7) is 7.19. The van der Waals surface area contributed by atoms with Crippen molar-refractivity contribution in [1.29, 1.82) is 0 Å². The molecule has 0 saturated heterocycles. The minimum Gasteiger partial charge on any atom is -0.496 e. The van der Waals surface area contributed by atoms with Crippen molar-refractivity contribution in [2.24, 2.45) is 0 Å². The molecule has 0 atom stereocenters. The predicted molar refractivity (Wildman–Crippen MR) is 112 cm³/mol. The van der Waals surface area contributed by atoms with Crippen LogP contribution in [0.3, 0.4) is 0 Å². The molecule has 0 aliphatic carbocycles. The normalized spacial score (nSPS) is 10.6. The number of benzene rings is 1. The van der Waals surface area contributed by atoms with Crippen LogP contribution in [0.1, 0.15) is 35.3 Å². The highest BCUT2D eigenvalue weighted by molar-refractivity contribution is 6.28. The van der Waals surface area contributed by atoms with Gasteiger partial charge in [0.25, 0.3) is 0 Å². The van der Waals surface area contributed by atoms with Crippen molar-refractivity contribution in [2.75, 3.05) is 21.3 Å². The molecule has 0 saturated carbocycles. The zero-order valence-electron chi connectivity index (χ0n) is 17.5. The molecule has 0 aliphatic heterocycles. The SMILES string of the molecule is C=C(C(=O)c1ccncc1)c1cc(CC=C(C)C)c(OC(OC)OC)cc1OC. The number of pyridine rings is 1. The summed E-state index contributed by atoms with van der Waals surface area (Å²) in [6, 6.07) is 6.89. The highest BCUT2D eigenvalue weighted by Gasteiger charge is 2.20. The van der Waals surface area contributed by atoms with Crippen LogP contribution in [0.25, 0.3) is 5.57 Å². The monoisotopic (exact) mass is 397 g/mol. The van der Waals surface area contributed by atoms with Gasteiger partial charge in [0.2, 0.25) is 0 Å². The fourth-order valence-corrected chi connectivity index (χ4v) is 2.69. The summed E-state index contributed by atoms with van der Waals surface area (Å²) < 4.78 is 21.6. The van der Waals surface area contributed by atoms with Gasteiger partial charge in [-0.25, -0.2) is 0 Å². The Hall–Kier alpha value is -2.96. The zero-order chi connectivity index (χ0) is 21.4. The lowest BCUT2D eigenvalue weighted by Gasteiger charge is -2.20. The van der Waals surface area contributed by atoms with Crippen molar-refractivity contribution in [1.82, 2.24) is 4.98 Å². The maximum Gasteiger partial charge on any atom is 0.315 e. The topological polar surface area (TPSA) is 66.9 Å². The van der Waals surface area contributed by atoms with Gasteiger partial charge in [-0.05, 0) is 44.0 Å². The van der Waals surface area contributed by atoms with Gasteiger partial charge >= 0.3 is 6.48 Å². The lowest BCUT2D eigenvalue weighted by atomic mass is 9.95. The summed E-state index contributed by atoms with van der Waals surface area (Å²) >= 11 is 0. The Bertz CT molecular complexity index is 882. The molecular weight excluding hydrogens is 370 g/mol. The fourth-order valence-electron chi connectivity index (χ4n) is 2.69. The fraction of sp³-hybridized carbons (Fsp3) is 0.304. The van der Waals surface area contributed by atoms with E-state index >= 15 is 0 Å². The van der Waals surface area contributed by atoms with Crippen LogP contribution in [-0.2, 0) is 15.9 Å². The third-order valence-electron chi connectivity index (χ3n) is 4.26. The first kappa shape index (κ1) is 22.3. The van der Waals surface area contributed by atoms with Crippen LogP contribution in [0.5, 0.6) is 11.5 Å². The van der Waals surface area contributed by atoms with E-state index in [4.69, 9.17) is 18.9 Å². The number of methoxy groups -OCH3 is 3. The highest BCUT2D eigenvalue weighted by atomic mass is 16.8. The molecule has 0 aliphatic rings. The van der Waals surface area contributed by atoms with Crippen LogP contribution >= 0.6 is 0 Å². The van der Waals surface area contributed by atoms with Gasteiger partial charge in [0.1, 0.15) is 11.5 Å². The third-order valence-corrected chi connectivity index (χ3v) is 4.26. The van der Waals surface area contributed by atoms with Gasteiger partial charge in [0.15, 0.2) is 5.78 Å². The molecule has 6 nitrogen and oxygen atoms in total. The summed E-state index contributed by atoms with van der Waals surface area (Å²) in [4.78, 5) is 16.8. The predicted octanol–water partition coefficient (Wildman–Crippen LogP) is 4.45. The Balaban J connectivity index is 2.51. The Morgan fingerprint density at radius 3 is 2.31 bits per heavy atom. The average molecular weight is 397 g/mol. The smallest absolute Gasteiger partial charge is 0.315 e. The van der Waals surface area contributed by atoms with E-state index in [9.17, 15) is 4.79 Å². The molecular formula is C23H27NO5. The molecule has 1 heterocycles. The van der Waals surface area contributed by atoms with Crippen LogP contribution < -0.4 is 9.47 Å². The molecule has 0 radical (unpaired) electrons. The number of rotatable bonds is 10. The second kappa shape index (κ2) is 10.5. The van der Waals surface area contributed by atoms with Crippen molar-refractivity contribution in [3.05, 3.63) is 71.6 Å². The van der Waals surface area contributed by atoms with E-state index < -0.39 is 6.48 Å². The standard InChI is InChI=1S/C23H27NO5/c1-15(2)7-8-18-13-19(16(3)22(25)17-9-11-24-12-10-17)21(26-4)14-20(18)29-23(27-5)28-6/h7,9-14,23H,3,8H2,1-2,4-6H3. The quantitative estimate of drug-likeness (QED) is 0.255. The second-order valence-electron chi connectivity index (χ2n) is 6.57. The number of carbonyl (C=O) groups excluding carboxylic acids is 1. The number of Topliss-reactive ketones (excluding diaryl/α,β-unsaturated/α-hetero) is 1. The van der Waals surface area contributed by atoms with Crippen molar-refractivity contribution in [3.8, 4) is 11.5 Å².